The molecule has 0 saturated carbocycles. The van der Waals surface area contributed by atoms with Crippen LogP contribution in [0.5, 0.6) is 11.5 Å². The van der Waals surface area contributed by atoms with E-state index in [2.05, 4.69) is 78.3 Å². The highest BCUT2D eigenvalue weighted by Gasteiger charge is 2.53. The van der Waals surface area contributed by atoms with Gasteiger partial charge >= 0.3 is 0 Å². The minimum Gasteiger partial charge on any atom is -0.497 e. The fourth-order valence-corrected chi connectivity index (χ4v) is 8.43. The lowest BCUT2D eigenvalue weighted by molar-refractivity contribution is -0.0976. The lowest BCUT2D eigenvalue weighted by Crippen LogP contribution is -2.67. The van der Waals surface area contributed by atoms with E-state index in [1.165, 1.54) is 24.8 Å². The molecular formula is C39H50N6O4. The second-order valence-electron chi connectivity index (χ2n) is 14.5. The quantitative estimate of drug-likeness (QED) is 0.151. The smallest absolute Gasteiger partial charge is 0.188 e. The van der Waals surface area contributed by atoms with Gasteiger partial charge in [-0.05, 0) is 113 Å². The van der Waals surface area contributed by atoms with E-state index >= 15 is 0 Å². The molecule has 0 amide bonds. The predicted molar refractivity (Wildman–Crippen MR) is 191 cm³/mol. The van der Waals surface area contributed by atoms with Crippen LogP contribution in [0, 0.1) is 0 Å². The summed E-state index contributed by atoms with van der Waals surface area (Å²) in [5, 5.41) is 14.1. The van der Waals surface area contributed by atoms with Crippen LogP contribution in [0.4, 0.5) is 5.82 Å². The van der Waals surface area contributed by atoms with Gasteiger partial charge < -0.3 is 23.8 Å². The molecule has 2 aromatic carbocycles. The molecule has 3 atom stereocenters. The van der Waals surface area contributed by atoms with Gasteiger partial charge in [0.25, 0.3) is 0 Å². The Morgan fingerprint density at radius 1 is 0.918 bits per heavy atom. The van der Waals surface area contributed by atoms with E-state index in [1.807, 2.05) is 29.2 Å². The van der Waals surface area contributed by atoms with E-state index in [0.717, 1.165) is 79.2 Å². The fraction of sp³-hybridized carbons (Fsp3) is 0.513. The first-order valence-corrected chi connectivity index (χ1v) is 17.7. The zero-order chi connectivity index (χ0) is 34.0. The van der Waals surface area contributed by atoms with Crippen LogP contribution in [-0.2, 0) is 16.0 Å². The first kappa shape index (κ1) is 33.5. The number of aromatic nitrogens is 4. The summed E-state index contributed by atoms with van der Waals surface area (Å²) in [5.41, 5.74) is 5.18. The molecule has 0 N–H and O–H groups in total. The van der Waals surface area contributed by atoms with Crippen LogP contribution < -0.4 is 14.4 Å². The fourth-order valence-electron chi connectivity index (χ4n) is 8.43. The molecule has 4 aromatic rings. The van der Waals surface area contributed by atoms with Crippen molar-refractivity contribution in [1.82, 2.24) is 24.9 Å². The summed E-state index contributed by atoms with van der Waals surface area (Å²) in [6.07, 6.45) is 13.0. The Morgan fingerprint density at radius 3 is 2.39 bits per heavy atom. The Morgan fingerprint density at radius 2 is 1.71 bits per heavy atom. The van der Waals surface area contributed by atoms with Gasteiger partial charge in [-0.3, -0.25) is 4.90 Å². The van der Waals surface area contributed by atoms with Gasteiger partial charge in [0.15, 0.2) is 12.6 Å². The summed E-state index contributed by atoms with van der Waals surface area (Å²) in [5.74, 6) is 2.48. The summed E-state index contributed by atoms with van der Waals surface area (Å²) < 4.78 is 24.6. The van der Waals surface area contributed by atoms with Crippen LogP contribution in [0.2, 0.25) is 0 Å². The van der Waals surface area contributed by atoms with Gasteiger partial charge in [0.2, 0.25) is 0 Å². The number of hydrogen-bond donors (Lipinski definition) is 0. The van der Waals surface area contributed by atoms with Crippen LogP contribution in [-0.4, -0.2) is 76.7 Å². The number of hydrogen-bond acceptors (Lipinski definition) is 9. The third-order valence-corrected chi connectivity index (χ3v) is 11.1. The molecule has 10 heteroatoms. The third kappa shape index (κ3) is 6.91. The Labute approximate surface area is 290 Å². The lowest BCUT2D eigenvalue weighted by Gasteiger charge is -2.62. The number of nitrogens with zero attached hydrogens (tertiary/aromatic N) is 6. The number of piperidine rings is 2. The highest BCUT2D eigenvalue weighted by Crippen LogP contribution is 2.50. The van der Waals surface area contributed by atoms with Gasteiger partial charge in [-0.25, -0.2) is 4.68 Å². The zero-order valence-electron chi connectivity index (χ0n) is 29.6. The minimum absolute atomic E-state index is 0.00450. The molecule has 3 aliphatic heterocycles. The highest BCUT2D eigenvalue weighted by atomic mass is 16.7. The van der Waals surface area contributed by atoms with Crippen molar-refractivity contribution in [1.29, 1.82) is 0 Å². The molecule has 0 aliphatic carbocycles. The Kier molecular flexibility index (Phi) is 9.64. The Hall–Kier alpha value is -3.99. The molecule has 3 saturated heterocycles. The molecule has 0 radical (unpaired) electrons. The largest absolute Gasteiger partial charge is 0.497 e. The van der Waals surface area contributed by atoms with Crippen molar-refractivity contribution < 1.29 is 18.9 Å². The zero-order valence-corrected chi connectivity index (χ0v) is 29.6. The molecule has 0 spiro atoms. The van der Waals surface area contributed by atoms with Crippen LogP contribution in [0.25, 0.3) is 22.4 Å². The molecule has 5 heterocycles. The van der Waals surface area contributed by atoms with Gasteiger partial charge in [0, 0.05) is 61.8 Å². The molecule has 3 unspecified atom stereocenters. The normalized spacial score (nSPS) is 25.6. The Balaban J connectivity index is 1.08. The average molecular weight is 667 g/mol. The van der Waals surface area contributed by atoms with Crippen molar-refractivity contribution in [3.8, 4) is 33.9 Å². The maximum Gasteiger partial charge on any atom is 0.188 e. The van der Waals surface area contributed by atoms with Crippen molar-refractivity contribution in [2.45, 2.75) is 95.1 Å². The molecule has 2 aromatic heterocycles. The number of benzene rings is 2. The predicted octanol–water partition coefficient (Wildman–Crippen LogP) is 7.50. The highest BCUT2D eigenvalue weighted by molar-refractivity contribution is 5.74. The number of ether oxygens (including phenoxy) is 4. The molecule has 7 rings (SSSR count). The number of methoxy groups -OCH3 is 2. The maximum absolute atomic E-state index is 6.06. The van der Waals surface area contributed by atoms with Gasteiger partial charge in [-0.15, -0.1) is 10.2 Å². The summed E-state index contributed by atoms with van der Waals surface area (Å²) in [4.78, 5) is 5.13. The maximum atomic E-state index is 6.06. The summed E-state index contributed by atoms with van der Waals surface area (Å²) >= 11 is 0. The number of fused-ring (bicyclic) bond motifs is 2. The molecular weight excluding hydrogens is 616 g/mol. The van der Waals surface area contributed by atoms with Crippen LogP contribution >= 0.6 is 0 Å². The van der Waals surface area contributed by atoms with Crippen molar-refractivity contribution in [3.05, 3.63) is 72.6 Å². The SMILES string of the molecule is COCOc1cc(-c2cnn(C3CCCCO3)c2)ccc1-c1ccc(N(C)C2CC3(C)CCCC(C)(C2)N3Cc2ccc(OC)cc2)nn1. The van der Waals surface area contributed by atoms with Gasteiger partial charge in [0.05, 0.1) is 19.0 Å². The van der Waals surface area contributed by atoms with Crippen molar-refractivity contribution in [2.75, 3.05) is 39.6 Å². The second kappa shape index (κ2) is 14.1. The van der Waals surface area contributed by atoms with Crippen LogP contribution in [0.1, 0.15) is 77.0 Å². The van der Waals surface area contributed by atoms with E-state index < -0.39 is 0 Å². The minimum atomic E-state index is -0.00450. The van der Waals surface area contributed by atoms with E-state index in [1.54, 1.807) is 14.2 Å². The van der Waals surface area contributed by atoms with Gasteiger partial charge in [-0.1, -0.05) is 18.2 Å². The molecule has 3 fully saturated rings. The first-order valence-electron chi connectivity index (χ1n) is 17.7. The van der Waals surface area contributed by atoms with E-state index in [0.29, 0.717) is 11.8 Å². The molecule has 260 valence electrons. The van der Waals surface area contributed by atoms with E-state index in [9.17, 15) is 0 Å². The average Bonchev–Trinajstić information content (AvgIpc) is 3.63. The van der Waals surface area contributed by atoms with Crippen molar-refractivity contribution in [3.63, 3.8) is 0 Å². The second-order valence-corrected chi connectivity index (χ2v) is 14.5. The number of rotatable bonds is 11. The summed E-state index contributed by atoms with van der Waals surface area (Å²) in [7, 11) is 5.52. The number of anilines is 1. The van der Waals surface area contributed by atoms with E-state index in [-0.39, 0.29) is 24.1 Å². The van der Waals surface area contributed by atoms with Crippen molar-refractivity contribution in [2.24, 2.45) is 0 Å². The summed E-state index contributed by atoms with van der Waals surface area (Å²) in [6, 6.07) is 19.2. The van der Waals surface area contributed by atoms with Crippen LogP contribution in [0.3, 0.4) is 0 Å². The Bertz CT molecular complexity index is 1690. The summed E-state index contributed by atoms with van der Waals surface area (Å²) in [6.45, 7) is 6.79. The lowest BCUT2D eigenvalue weighted by atomic mass is 9.66. The van der Waals surface area contributed by atoms with Gasteiger partial charge in [0.1, 0.15) is 17.7 Å². The van der Waals surface area contributed by atoms with Gasteiger partial charge in [-0.2, -0.15) is 5.10 Å². The molecule has 49 heavy (non-hydrogen) atoms. The first-order chi connectivity index (χ1) is 23.8. The molecule has 10 nitrogen and oxygen atoms in total. The van der Waals surface area contributed by atoms with Crippen LogP contribution in [0.15, 0.2) is 67.0 Å². The topological polar surface area (TPSA) is 87.0 Å². The standard InChI is InChI=1S/C39H50N6O4/c1-38-18-8-19-39(2,45(38)25-28-10-13-32(47-5)14-11-28)23-31(22-38)43(3)36-17-16-34(41-42-36)33-15-12-29(21-35(33)49-27-46-4)30-24-40-44(26-30)37-9-6-7-20-48-37/h10-17,21,24,26,31,37H,6-9,18-20,22-23,25,27H2,1-5H3. The molecule has 2 bridgehead atoms. The monoisotopic (exact) mass is 666 g/mol. The van der Waals surface area contributed by atoms with E-state index in [4.69, 9.17) is 29.1 Å². The third-order valence-electron chi connectivity index (χ3n) is 11.1. The molecule has 3 aliphatic rings. The van der Waals surface area contributed by atoms with Crippen molar-refractivity contribution >= 4 is 5.82 Å².